The summed E-state index contributed by atoms with van der Waals surface area (Å²) in [6.45, 7) is 1.64. The first-order valence-corrected chi connectivity index (χ1v) is 17.1. The van der Waals surface area contributed by atoms with Crippen LogP contribution in [-0.4, -0.2) is 58.5 Å². The lowest BCUT2D eigenvalue weighted by molar-refractivity contribution is -0.140. The van der Waals surface area contributed by atoms with Crippen LogP contribution in [-0.2, 0) is 32.6 Å². The van der Waals surface area contributed by atoms with E-state index in [1.165, 1.54) is 37.3 Å². The first-order valence-electron chi connectivity index (χ1n) is 14.9. The van der Waals surface area contributed by atoms with E-state index >= 15 is 0 Å². The minimum atomic E-state index is -4.34. The molecule has 4 aromatic rings. The fraction of sp³-hybridized carbons (Fsp3) is 0.257. The Kier molecular flexibility index (Phi) is 12.5. The molecule has 0 aliphatic rings. The van der Waals surface area contributed by atoms with Gasteiger partial charge in [-0.2, -0.15) is 0 Å². The Morgan fingerprint density at radius 1 is 0.851 bits per heavy atom. The van der Waals surface area contributed by atoms with Gasteiger partial charge in [-0.25, -0.2) is 8.42 Å². The topological polar surface area (TPSA) is 105 Å². The highest BCUT2D eigenvalue weighted by atomic mass is 35.5. The van der Waals surface area contributed by atoms with Gasteiger partial charge in [0, 0.05) is 35.6 Å². The molecule has 0 aromatic heterocycles. The molecule has 0 bridgehead atoms. The summed E-state index contributed by atoms with van der Waals surface area (Å²) in [4.78, 5) is 29.6. The van der Waals surface area contributed by atoms with Crippen LogP contribution in [0, 0.1) is 0 Å². The van der Waals surface area contributed by atoms with E-state index in [1.807, 2.05) is 37.3 Å². The van der Waals surface area contributed by atoms with E-state index in [9.17, 15) is 18.0 Å². The third-order valence-electron chi connectivity index (χ3n) is 7.44. The molecule has 0 fully saturated rings. The summed E-state index contributed by atoms with van der Waals surface area (Å²) in [6.07, 6.45) is 0.868. The van der Waals surface area contributed by atoms with Gasteiger partial charge in [0.1, 0.15) is 12.6 Å². The van der Waals surface area contributed by atoms with Crippen molar-refractivity contribution in [1.29, 1.82) is 0 Å². The predicted molar refractivity (Wildman–Crippen MR) is 185 cm³/mol. The van der Waals surface area contributed by atoms with Gasteiger partial charge >= 0.3 is 0 Å². The van der Waals surface area contributed by atoms with Crippen molar-refractivity contribution in [3.63, 3.8) is 0 Å². The quantitative estimate of drug-likeness (QED) is 0.155. The Balaban J connectivity index is 1.82. The number of rotatable bonds is 15. The smallest absolute Gasteiger partial charge is 0.264 e. The summed E-state index contributed by atoms with van der Waals surface area (Å²) in [6, 6.07) is 25.7. The van der Waals surface area contributed by atoms with Crippen LogP contribution in [0.5, 0.6) is 11.5 Å². The van der Waals surface area contributed by atoms with Crippen LogP contribution < -0.4 is 19.1 Å². The molecule has 1 N–H and O–H groups in total. The highest BCUT2D eigenvalue weighted by molar-refractivity contribution is 7.92. The molecule has 0 radical (unpaired) electrons. The van der Waals surface area contributed by atoms with Crippen molar-refractivity contribution in [3.05, 3.63) is 118 Å². The zero-order valence-electron chi connectivity index (χ0n) is 26.4. The summed E-state index contributed by atoms with van der Waals surface area (Å²) in [5, 5.41) is 3.64. The molecule has 0 unspecified atom stereocenters. The Hall–Kier alpha value is -4.25. The fourth-order valence-corrected chi connectivity index (χ4v) is 6.88. The molecule has 0 saturated carbocycles. The van der Waals surface area contributed by atoms with Crippen molar-refractivity contribution >= 4 is 50.7 Å². The summed E-state index contributed by atoms with van der Waals surface area (Å²) in [5.74, 6) is -0.427. The van der Waals surface area contributed by atoms with Gasteiger partial charge in [-0.15, -0.1) is 0 Å². The van der Waals surface area contributed by atoms with Gasteiger partial charge in [-0.1, -0.05) is 84.7 Å². The van der Waals surface area contributed by atoms with E-state index < -0.39 is 28.5 Å². The van der Waals surface area contributed by atoms with Gasteiger partial charge in [0.15, 0.2) is 11.5 Å². The lowest BCUT2D eigenvalue weighted by atomic mass is 10.0. The molecule has 0 saturated heterocycles. The lowest BCUT2D eigenvalue weighted by Gasteiger charge is -2.34. The number of sulfonamides is 1. The van der Waals surface area contributed by atoms with E-state index in [0.29, 0.717) is 34.3 Å². The minimum Gasteiger partial charge on any atom is -0.493 e. The number of hydrogen-bond acceptors (Lipinski definition) is 6. The van der Waals surface area contributed by atoms with Crippen molar-refractivity contribution in [1.82, 2.24) is 10.2 Å². The monoisotopic (exact) mass is 697 g/mol. The number of carbonyl (C=O) groups excluding carboxylic acids is 2. The molecule has 4 aromatic carbocycles. The number of carbonyl (C=O) groups is 2. The maximum atomic E-state index is 14.5. The Labute approximate surface area is 286 Å². The van der Waals surface area contributed by atoms with Gasteiger partial charge in [0.2, 0.25) is 11.8 Å². The average molecular weight is 699 g/mol. The van der Waals surface area contributed by atoms with Crippen LogP contribution in [0.25, 0.3) is 0 Å². The number of nitrogens with zero attached hydrogens (tertiary/aromatic N) is 2. The summed E-state index contributed by atoms with van der Waals surface area (Å²) in [7, 11) is -1.48. The summed E-state index contributed by atoms with van der Waals surface area (Å²) < 4.78 is 40.3. The first-order chi connectivity index (χ1) is 22.6. The van der Waals surface area contributed by atoms with E-state index in [1.54, 1.807) is 48.5 Å². The van der Waals surface area contributed by atoms with E-state index in [-0.39, 0.29) is 35.2 Å². The second-order valence-electron chi connectivity index (χ2n) is 10.6. The molecule has 47 heavy (non-hydrogen) atoms. The SMILES string of the molecule is CCCNC(=O)[C@H](Cc1ccccc1)N(Cc1ccc(Cl)cc1Cl)C(=O)CN(c1ccccc1)S(=O)(=O)c1ccc(OC)c(OC)c1. The molecular formula is C35H37Cl2N3O6S. The van der Waals surface area contributed by atoms with E-state index in [0.717, 1.165) is 9.87 Å². The number of benzene rings is 4. The molecule has 12 heteroatoms. The molecule has 4 rings (SSSR count). The maximum Gasteiger partial charge on any atom is 0.264 e. The zero-order chi connectivity index (χ0) is 34.0. The van der Waals surface area contributed by atoms with Crippen molar-refractivity contribution in [2.75, 3.05) is 31.6 Å². The predicted octanol–water partition coefficient (Wildman–Crippen LogP) is 6.37. The summed E-state index contributed by atoms with van der Waals surface area (Å²) in [5.41, 5.74) is 1.62. The highest BCUT2D eigenvalue weighted by Crippen LogP contribution is 2.32. The number of anilines is 1. The van der Waals surface area contributed by atoms with Crippen LogP contribution in [0.4, 0.5) is 5.69 Å². The van der Waals surface area contributed by atoms with E-state index in [2.05, 4.69) is 5.32 Å². The van der Waals surface area contributed by atoms with Crippen molar-refractivity contribution in [3.8, 4) is 11.5 Å². The van der Waals surface area contributed by atoms with E-state index in [4.69, 9.17) is 32.7 Å². The Morgan fingerprint density at radius 2 is 1.51 bits per heavy atom. The Morgan fingerprint density at radius 3 is 2.13 bits per heavy atom. The number of ether oxygens (including phenoxy) is 2. The molecular weight excluding hydrogens is 661 g/mol. The van der Waals surface area contributed by atoms with Gasteiger partial charge in [-0.05, 0) is 53.9 Å². The number of nitrogens with one attached hydrogen (secondary N) is 1. The third kappa shape index (κ3) is 8.97. The van der Waals surface area contributed by atoms with Crippen molar-refractivity contribution in [2.24, 2.45) is 0 Å². The van der Waals surface area contributed by atoms with Gasteiger partial charge in [0.25, 0.3) is 10.0 Å². The first kappa shape index (κ1) is 35.6. The van der Waals surface area contributed by atoms with Crippen LogP contribution >= 0.6 is 23.2 Å². The van der Waals surface area contributed by atoms with Gasteiger partial charge < -0.3 is 19.7 Å². The third-order valence-corrected chi connectivity index (χ3v) is 9.80. The zero-order valence-corrected chi connectivity index (χ0v) is 28.7. The average Bonchev–Trinajstić information content (AvgIpc) is 3.08. The molecule has 9 nitrogen and oxygen atoms in total. The second-order valence-corrected chi connectivity index (χ2v) is 13.3. The fourth-order valence-electron chi connectivity index (χ4n) is 4.98. The molecule has 0 spiro atoms. The number of amides is 2. The molecule has 1 atom stereocenters. The van der Waals surface area contributed by atoms with Gasteiger partial charge in [0.05, 0.1) is 24.8 Å². The number of halogens is 2. The van der Waals surface area contributed by atoms with Gasteiger partial charge in [-0.3, -0.25) is 13.9 Å². The largest absolute Gasteiger partial charge is 0.493 e. The minimum absolute atomic E-state index is 0.0785. The van der Waals surface area contributed by atoms with Crippen molar-refractivity contribution < 1.29 is 27.5 Å². The highest BCUT2D eigenvalue weighted by Gasteiger charge is 2.35. The standard InChI is InChI=1S/C35H37Cl2N3O6S/c1-4-19-38-35(42)31(20-25-11-7-5-8-12-25)39(23-26-15-16-27(36)21-30(26)37)34(41)24-40(28-13-9-6-10-14-28)47(43,44)29-17-18-32(45-2)33(22-29)46-3/h5-18,21-22,31H,4,19-20,23-24H2,1-3H3,(H,38,42)/t31-/m0/s1. The maximum absolute atomic E-state index is 14.5. The number of hydrogen-bond donors (Lipinski definition) is 1. The number of para-hydroxylation sites is 1. The van der Waals surface area contributed by atoms with Crippen LogP contribution in [0.1, 0.15) is 24.5 Å². The van der Waals surface area contributed by atoms with Crippen molar-refractivity contribution in [2.45, 2.75) is 37.2 Å². The van der Waals surface area contributed by atoms with Crippen LogP contribution in [0.2, 0.25) is 10.0 Å². The second kappa shape index (κ2) is 16.5. The normalized spacial score (nSPS) is 11.8. The number of methoxy groups -OCH3 is 2. The molecule has 0 aliphatic heterocycles. The lowest BCUT2D eigenvalue weighted by Crippen LogP contribution is -2.53. The molecule has 2 amide bonds. The molecule has 248 valence electrons. The molecule has 0 heterocycles. The summed E-state index contributed by atoms with van der Waals surface area (Å²) >= 11 is 12.7. The molecule has 0 aliphatic carbocycles. The van der Waals surface area contributed by atoms with Crippen LogP contribution in [0.3, 0.4) is 0 Å². The van der Waals surface area contributed by atoms with Crippen LogP contribution in [0.15, 0.2) is 102 Å². The Bertz CT molecular complexity index is 1780.